The molecule has 2 unspecified atom stereocenters. The minimum absolute atomic E-state index is 0.0338. The van der Waals surface area contributed by atoms with Crippen molar-refractivity contribution in [3.8, 4) is 0 Å². The van der Waals surface area contributed by atoms with Crippen LogP contribution in [-0.2, 0) is 14.3 Å². The quantitative estimate of drug-likeness (QED) is 0.705. The van der Waals surface area contributed by atoms with Crippen molar-refractivity contribution in [1.29, 1.82) is 0 Å². The Hall–Kier alpha value is -2.62. The van der Waals surface area contributed by atoms with E-state index in [1.54, 1.807) is 18.2 Å². The lowest BCUT2D eigenvalue weighted by Crippen LogP contribution is -2.68. The summed E-state index contributed by atoms with van der Waals surface area (Å²) < 4.78 is 44.9. The predicted molar refractivity (Wildman–Crippen MR) is 90.9 cm³/mol. The van der Waals surface area contributed by atoms with Gasteiger partial charge in [-0.3, -0.25) is 14.4 Å². The van der Waals surface area contributed by atoms with E-state index in [1.807, 2.05) is 0 Å². The van der Waals surface area contributed by atoms with Crippen LogP contribution >= 0.6 is 0 Å². The van der Waals surface area contributed by atoms with Crippen molar-refractivity contribution < 1.29 is 37.4 Å². The van der Waals surface area contributed by atoms with Crippen LogP contribution in [-0.4, -0.2) is 58.9 Å². The molecular formula is C18H21F3N2O5. The summed E-state index contributed by atoms with van der Waals surface area (Å²) in [6.07, 6.45) is -6.86. The van der Waals surface area contributed by atoms with E-state index >= 15 is 0 Å². The lowest BCUT2D eigenvalue weighted by Gasteiger charge is -2.46. The lowest BCUT2D eigenvalue weighted by atomic mass is 9.92. The number of nitrogens with zero attached hydrogens (tertiary/aromatic N) is 1. The summed E-state index contributed by atoms with van der Waals surface area (Å²) in [7, 11) is 0. The summed E-state index contributed by atoms with van der Waals surface area (Å²) in [6.45, 7) is 0.878. The van der Waals surface area contributed by atoms with Crippen molar-refractivity contribution >= 4 is 17.8 Å². The maximum Gasteiger partial charge on any atom is 0.436 e. The van der Waals surface area contributed by atoms with Gasteiger partial charge in [-0.25, -0.2) is 0 Å². The van der Waals surface area contributed by atoms with Crippen LogP contribution in [0.2, 0.25) is 0 Å². The molecule has 0 saturated carbocycles. The number of nitrogens with one attached hydrogen (secondary N) is 1. The second-order valence-corrected chi connectivity index (χ2v) is 6.29. The Labute approximate surface area is 159 Å². The first kappa shape index (κ1) is 21.7. The van der Waals surface area contributed by atoms with Gasteiger partial charge in [0.1, 0.15) is 6.04 Å². The Kier molecular flexibility index (Phi) is 6.65. The third-order valence-corrected chi connectivity index (χ3v) is 4.43. The number of hydrogen-bond acceptors (Lipinski definition) is 5. The molecule has 1 heterocycles. The van der Waals surface area contributed by atoms with E-state index in [2.05, 4.69) is 10.1 Å². The number of hydrogen-bond donors (Lipinski definition) is 2. The minimum atomic E-state index is -5.12. The van der Waals surface area contributed by atoms with Gasteiger partial charge in [-0.05, 0) is 25.5 Å². The van der Waals surface area contributed by atoms with Crippen LogP contribution in [0.5, 0.6) is 0 Å². The van der Waals surface area contributed by atoms with Crippen molar-refractivity contribution in [2.45, 2.75) is 44.1 Å². The Morgan fingerprint density at radius 3 is 2.54 bits per heavy atom. The molecular weight excluding hydrogens is 381 g/mol. The van der Waals surface area contributed by atoms with Crippen LogP contribution in [0, 0.1) is 0 Å². The van der Waals surface area contributed by atoms with E-state index in [-0.39, 0.29) is 17.1 Å². The second kappa shape index (κ2) is 8.59. The molecule has 0 radical (unpaired) electrons. The number of ether oxygens (including phenoxy) is 1. The predicted octanol–water partition coefficient (Wildman–Crippen LogP) is 1.61. The number of amides is 2. The van der Waals surface area contributed by atoms with Gasteiger partial charge in [0.2, 0.25) is 11.6 Å². The number of rotatable bonds is 6. The highest BCUT2D eigenvalue weighted by Gasteiger charge is 2.62. The number of alkyl halides is 3. The summed E-state index contributed by atoms with van der Waals surface area (Å²) >= 11 is 0. The fourth-order valence-electron chi connectivity index (χ4n) is 2.97. The van der Waals surface area contributed by atoms with Gasteiger partial charge >= 0.3 is 12.1 Å². The maximum absolute atomic E-state index is 13.4. The van der Waals surface area contributed by atoms with Crippen molar-refractivity contribution in [3.63, 3.8) is 0 Å². The molecule has 7 nitrogen and oxygen atoms in total. The summed E-state index contributed by atoms with van der Waals surface area (Å²) in [5.41, 5.74) is -3.17. The second-order valence-electron chi connectivity index (χ2n) is 6.29. The number of carbonyl (C=O) groups excluding carboxylic acids is 3. The van der Waals surface area contributed by atoms with Gasteiger partial charge in [0.05, 0.1) is 13.0 Å². The summed E-state index contributed by atoms with van der Waals surface area (Å²) in [5.74, 6) is -2.53. The van der Waals surface area contributed by atoms with Crippen molar-refractivity contribution in [2.24, 2.45) is 0 Å². The smallest absolute Gasteiger partial charge is 0.436 e. The van der Waals surface area contributed by atoms with Crippen molar-refractivity contribution in [1.82, 2.24) is 10.2 Å². The van der Waals surface area contributed by atoms with E-state index in [0.717, 1.165) is 0 Å². The molecule has 28 heavy (non-hydrogen) atoms. The average molecular weight is 402 g/mol. The average Bonchev–Trinajstić information content (AvgIpc) is 2.64. The molecule has 1 aromatic carbocycles. The SMILES string of the molecule is CCOC(=O)CCN1C(=O)C(NC(=O)c2ccccc2)CCC1(O)C(F)(F)F. The third kappa shape index (κ3) is 4.61. The van der Waals surface area contributed by atoms with Crippen LogP contribution < -0.4 is 5.32 Å². The van der Waals surface area contributed by atoms with Crippen LogP contribution in [0.25, 0.3) is 0 Å². The summed E-state index contributed by atoms with van der Waals surface area (Å²) in [4.78, 5) is 36.6. The Balaban J connectivity index is 2.18. The first-order valence-electron chi connectivity index (χ1n) is 8.72. The Morgan fingerprint density at radius 1 is 1.32 bits per heavy atom. The monoisotopic (exact) mass is 402 g/mol. The highest BCUT2D eigenvalue weighted by Crippen LogP contribution is 2.40. The Morgan fingerprint density at radius 2 is 1.96 bits per heavy atom. The van der Waals surface area contributed by atoms with Crippen LogP contribution in [0.15, 0.2) is 30.3 Å². The number of benzene rings is 1. The third-order valence-electron chi connectivity index (χ3n) is 4.43. The van der Waals surface area contributed by atoms with Crippen LogP contribution in [0.3, 0.4) is 0 Å². The molecule has 2 amide bonds. The Bertz CT molecular complexity index is 726. The first-order chi connectivity index (χ1) is 13.1. The molecule has 154 valence electrons. The van der Waals surface area contributed by atoms with Gasteiger partial charge in [-0.1, -0.05) is 18.2 Å². The van der Waals surface area contributed by atoms with Gasteiger partial charge in [0.25, 0.3) is 5.91 Å². The van der Waals surface area contributed by atoms with Gasteiger partial charge in [-0.15, -0.1) is 0 Å². The van der Waals surface area contributed by atoms with Crippen LogP contribution in [0.4, 0.5) is 13.2 Å². The normalized spacial score (nSPS) is 22.7. The summed E-state index contributed by atoms with van der Waals surface area (Å²) in [5, 5.41) is 12.6. The van der Waals surface area contributed by atoms with Crippen molar-refractivity contribution in [2.75, 3.05) is 13.2 Å². The molecule has 1 fully saturated rings. The molecule has 1 aromatic rings. The molecule has 1 saturated heterocycles. The largest absolute Gasteiger partial charge is 0.466 e. The number of likely N-dealkylation sites (tertiary alicyclic amines) is 1. The zero-order valence-electron chi connectivity index (χ0n) is 15.2. The van der Waals surface area contributed by atoms with Crippen LogP contribution in [0.1, 0.15) is 36.5 Å². The highest BCUT2D eigenvalue weighted by molar-refractivity contribution is 5.97. The molecule has 2 atom stereocenters. The zero-order chi connectivity index (χ0) is 20.9. The number of piperidine rings is 1. The minimum Gasteiger partial charge on any atom is -0.466 e. The summed E-state index contributed by atoms with van der Waals surface area (Å²) in [6, 6.07) is 6.62. The molecule has 10 heteroatoms. The molecule has 0 spiro atoms. The van der Waals surface area contributed by atoms with Gasteiger partial charge in [0.15, 0.2) is 0 Å². The first-order valence-corrected chi connectivity index (χ1v) is 8.72. The highest BCUT2D eigenvalue weighted by atomic mass is 19.4. The molecule has 1 aliphatic rings. The maximum atomic E-state index is 13.4. The van der Waals surface area contributed by atoms with E-state index in [0.29, 0.717) is 0 Å². The van der Waals surface area contributed by atoms with Gasteiger partial charge in [-0.2, -0.15) is 13.2 Å². The zero-order valence-corrected chi connectivity index (χ0v) is 15.2. The topological polar surface area (TPSA) is 95.9 Å². The van der Waals surface area contributed by atoms with E-state index in [9.17, 15) is 32.7 Å². The standard InChI is InChI=1S/C18H21F3N2O5/c1-2-28-14(24)9-11-23-16(26)13(8-10-17(23,27)18(19,20)21)22-15(25)12-6-4-3-5-7-12/h3-7,13,27H,2,8-11H2,1H3,(H,22,25). The molecule has 2 rings (SSSR count). The molecule has 0 aromatic heterocycles. The van der Waals surface area contributed by atoms with E-state index in [4.69, 9.17) is 0 Å². The van der Waals surface area contributed by atoms with Gasteiger partial charge < -0.3 is 20.1 Å². The fourth-order valence-corrected chi connectivity index (χ4v) is 2.97. The van der Waals surface area contributed by atoms with Crippen molar-refractivity contribution in [3.05, 3.63) is 35.9 Å². The molecule has 1 aliphatic heterocycles. The number of aliphatic hydroxyl groups is 1. The molecule has 2 N–H and O–H groups in total. The van der Waals surface area contributed by atoms with Gasteiger partial charge in [0, 0.05) is 18.5 Å². The molecule has 0 bridgehead atoms. The molecule has 0 aliphatic carbocycles. The van der Waals surface area contributed by atoms with E-state index in [1.165, 1.54) is 19.1 Å². The lowest BCUT2D eigenvalue weighted by molar-refractivity contribution is -0.318. The van der Waals surface area contributed by atoms with E-state index < -0.39 is 61.5 Å². The fraction of sp³-hybridized carbons (Fsp3) is 0.500. The number of esters is 1. The number of carbonyl (C=O) groups is 3. The number of halogens is 3.